The third-order valence-corrected chi connectivity index (χ3v) is 4.92. The van der Waals surface area contributed by atoms with Crippen molar-refractivity contribution in [2.45, 2.75) is 26.0 Å². The Balaban J connectivity index is 1.56. The molecule has 0 aliphatic carbocycles. The number of nitrogens with zero attached hydrogens (tertiary/aromatic N) is 2. The van der Waals surface area contributed by atoms with E-state index in [1.807, 2.05) is 36.6 Å². The molecule has 26 heavy (non-hydrogen) atoms. The number of benzene rings is 1. The zero-order valence-corrected chi connectivity index (χ0v) is 15.2. The molecule has 1 aliphatic heterocycles. The number of carboxylic acids is 1. The van der Waals surface area contributed by atoms with Gasteiger partial charge < -0.3 is 19.5 Å². The molecule has 1 amide bonds. The number of rotatable bonds is 6. The van der Waals surface area contributed by atoms with Gasteiger partial charge in [-0.2, -0.15) is 0 Å². The molecule has 0 radical (unpaired) electrons. The highest BCUT2D eigenvalue weighted by Crippen LogP contribution is 2.17. The van der Waals surface area contributed by atoms with Crippen molar-refractivity contribution in [2.24, 2.45) is 0 Å². The monoisotopic (exact) mass is 376 g/mol. The van der Waals surface area contributed by atoms with Crippen LogP contribution in [0.2, 0.25) is 0 Å². The van der Waals surface area contributed by atoms with E-state index < -0.39 is 12.0 Å². The summed E-state index contributed by atoms with van der Waals surface area (Å²) >= 11 is 1.42. The second kappa shape index (κ2) is 8.29. The van der Waals surface area contributed by atoms with Crippen LogP contribution in [0.3, 0.4) is 0 Å². The molecule has 3 rings (SSSR count). The normalized spacial score (nSPS) is 17.1. The highest BCUT2D eigenvalue weighted by molar-refractivity contribution is 7.09. The minimum atomic E-state index is -1.05. The molecule has 1 atom stereocenters. The Labute approximate surface area is 155 Å². The Morgan fingerprint density at radius 1 is 1.38 bits per heavy atom. The average molecular weight is 376 g/mol. The van der Waals surface area contributed by atoms with E-state index in [4.69, 9.17) is 9.47 Å². The first kappa shape index (κ1) is 18.3. The van der Waals surface area contributed by atoms with Gasteiger partial charge in [0.2, 0.25) is 5.91 Å². The largest absolute Gasteiger partial charge is 0.486 e. The molecule has 0 bridgehead atoms. The van der Waals surface area contributed by atoms with E-state index in [0.29, 0.717) is 18.9 Å². The Bertz CT molecular complexity index is 774. The van der Waals surface area contributed by atoms with Crippen molar-refractivity contribution in [3.63, 3.8) is 0 Å². The number of hydrogen-bond acceptors (Lipinski definition) is 6. The third-order valence-electron chi connectivity index (χ3n) is 4.05. The molecule has 1 saturated heterocycles. The molecule has 0 saturated carbocycles. The summed E-state index contributed by atoms with van der Waals surface area (Å²) in [5.74, 6) is -0.540. The maximum Gasteiger partial charge on any atom is 0.328 e. The van der Waals surface area contributed by atoms with Crippen molar-refractivity contribution in [1.29, 1.82) is 0 Å². The third kappa shape index (κ3) is 4.59. The van der Waals surface area contributed by atoms with Gasteiger partial charge in [0.15, 0.2) is 6.04 Å². The van der Waals surface area contributed by atoms with Gasteiger partial charge in [0.05, 0.1) is 25.3 Å². The Morgan fingerprint density at radius 2 is 2.15 bits per heavy atom. The fourth-order valence-electron chi connectivity index (χ4n) is 2.64. The number of morpholine rings is 1. The molecule has 1 fully saturated rings. The number of carbonyl (C=O) groups is 2. The summed E-state index contributed by atoms with van der Waals surface area (Å²) in [6, 6.07) is 6.82. The van der Waals surface area contributed by atoms with Gasteiger partial charge in [-0.1, -0.05) is 17.7 Å². The molecule has 1 N–H and O–H groups in total. The van der Waals surface area contributed by atoms with Crippen LogP contribution >= 0.6 is 11.3 Å². The number of aryl methyl sites for hydroxylation is 1. The number of thiazole rings is 1. The standard InChI is InChI=1S/C18H20N2O5S/c1-12-2-4-14(5-3-12)25-10-16-19-13(11-26-16)8-17(21)20-6-7-24-9-15(20)18(22)23/h2-5,11,15H,6-10H2,1H3,(H,22,23)/t15-/m0/s1. The molecule has 1 aromatic carbocycles. The smallest absolute Gasteiger partial charge is 0.328 e. The molecule has 1 aliphatic rings. The quantitative estimate of drug-likeness (QED) is 0.828. The van der Waals surface area contributed by atoms with Gasteiger partial charge in [-0.05, 0) is 19.1 Å². The zero-order chi connectivity index (χ0) is 18.5. The highest BCUT2D eigenvalue weighted by Gasteiger charge is 2.32. The fourth-order valence-corrected chi connectivity index (χ4v) is 3.34. The minimum Gasteiger partial charge on any atom is -0.486 e. The van der Waals surface area contributed by atoms with Crippen molar-refractivity contribution in [2.75, 3.05) is 19.8 Å². The lowest BCUT2D eigenvalue weighted by molar-refractivity contribution is -0.158. The summed E-state index contributed by atoms with van der Waals surface area (Å²) < 4.78 is 10.8. The van der Waals surface area contributed by atoms with Crippen molar-refractivity contribution in [3.05, 3.63) is 45.9 Å². The molecule has 138 valence electrons. The fraction of sp³-hybridized carbons (Fsp3) is 0.389. The molecule has 8 heteroatoms. The predicted molar refractivity (Wildman–Crippen MR) is 95.3 cm³/mol. The number of carboxylic acid groups (broad SMARTS) is 1. The van der Waals surface area contributed by atoms with Crippen LogP contribution in [0.1, 0.15) is 16.3 Å². The van der Waals surface area contributed by atoms with E-state index >= 15 is 0 Å². The average Bonchev–Trinajstić information content (AvgIpc) is 3.08. The van der Waals surface area contributed by atoms with E-state index in [-0.39, 0.29) is 25.5 Å². The molecule has 0 unspecified atom stereocenters. The summed E-state index contributed by atoms with van der Waals surface area (Å²) in [4.78, 5) is 29.5. The summed E-state index contributed by atoms with van der Waals surface area (Å²) in [6.07, 6.45) is 0.0742. The van der Waals surface area contributed by atoms with Crippen LogP contribution in [0.5, 0.6) is 5.75 Å². The number of carbonyl (C=O) groups excluding carboxylic acids is 1. The number of aromatic nitrogens is 1. The second-order valence-electron chi connectivity index (χ2n) is 6.03. The van der Waals surface area contributed by atoms with Gasteiger partial charge in [-0.3, -0.25) is 4.79 Å². The van der Waals surface area contributed by atoms with Crippen LogP contribution in [0.15, 0.2) is 29.6 Å². The lowest BCUT2D eigenvalue weighted by Gasteiger charge is -2.32. The zero-order valence-electron chi connectivity index (χ0n) is 14.4. The molecule has 7 nitrogen and oxygen atoms in total. The van der Waals surface area contributed by atoms with Gasteiger partial charge in [0, 0.05) is 11.9 Å². The van der Waals surface area contributed by atoms with Gasteiger partial charge in [0.25, 0.3) is 0 Å². The number of amides is 1. The van der Waals surface area contributed by atoms with Crippen molar-refractivity contribution < 1.29 is 24.2 Å². The maximum absolute atomic E-state index is 12.4. The molecule has 1 aromatic heterocycles. The lowest BCUT2D eigenvalue weighted by Crippen LogP contribution is -2.53. The Kier molecular flexibility index (Phi) is 5.85. The van der Waals surface area contributed by atoms with E-state index in [1.54, 1.807) is 0 Å². The van der Waals surface area contributed by atoms with E-state index in [0.717, 1.165) is 16.3 Å². The Hall–Kier alpha value is -2.45. The summed E-state index contributed by atoms with van der Waals surface area (Å²) in [6.45, 7) is 2.99. The molecule has 0 spiro atoms. The van der Waals surface area contributed by atoms with Crippen LogP contribution in [0, 0.1) is 6.92 Å². The number of aliphatic carboxylic acids is 1. The van der Waals surface area contributed by atoms with Gasteiger partial charge in [-0.25, -0.2) is 9.78 Å². The molecular formula is C18H20N2O5S. The predicted octanol–water partition coefficient (Wildman–Crippen LogP) is 1.89. The van der Waals surface area contributed by atoms with Crippen LogP contribution < -0.4 is 4.74 Å². The topological polar surface area (TPSA) is 89.0 Å². The van der Waals surface area contributed by atoms with Crippen LogP contribution in [-0.4, -0.2) is 52.7 Å². The van der Waals surface area contributed by atoms with Gasteiger partial charge >= 0.3 is 5.97 Å². The Morgan fingerprint density at radius 3 is 2.88 bits per heavy atom. The first-order valence-electron chi connectivity index (χ1n) is 8.25. The first-order valence-corrected chi connectivity index (χ1v) is 9.13. The van der Waals surface area contributed by atoms with E-state index in [2.05, 4.69) is 4.98 Å². The van der Waals surface area contributed by atoms with Crippen molar-refractivity contribution in [3.8, 4) is 5.75 Å². The van der Waals surface area contributed by atoms with Crippen molar-refractivity contribution in [1.82, 2.24) is 9.88 Å². The van der Waals surface area contributed by atoms with Gasteiger partial charge in [0.1, 0.15) is 17.4 Å². The highest BCUT2D eigenvalue weighted by atomic mass is 32.1. The van der Waals surface area contributed by atoms with E-state index in [1.165, 1.54) is 16.2 Å². The van der Waals surface area contributed by atoms with Gasteiger partial charge in [-0.15, -0.1) is 11.3 Å². The summed E-state index contributed by atoms with van der Waals surface area (Å²) in [5.41, 5.74) is 1.79. The van der Waals surface area contributed by atoms with E-state index in [9.17, 15) is 14.7 Å². The maximum atomic E-state index is 12.4. The van der Waals surface area contributed by atoms with Crippen LogP contribution in [0.4, 0.5) is 0 Å². The molecule has 2 aromatic rings. The minimum absolute atomic E-state index is 0.0216. The molecular weight excluding hydrogens is 356 g/mol. The molecule has 2 heterocycles. The number of hydrogen-bond donors (Lipinski definition) is 1. The first-order chi connectivity index (χ1) is 12.5. The van der Waals surface area contributed by atoms with Crippen LogP contribution in [0.25, 0.3) is 0 Å². The summed E-state index contributed by atoms with van der Waals surface area (Å²) in [7, 11) is 0. The summed E-state index contributed by atoms with van der Waals surface area (Å²) in [5, 5.41) is 11.8. The van der Waals surface area contributed by atoms with Crippen molar-refractivity contribution >= 4 is 23.2 Å². The van der Waals surface area contributed by atoms with Crippen LogP contribution in [-0.2, 0) is 27.4 Å². The SMILES string of the molecule is Cc1ccc(OCc2nc(CC(=O)N3CCOC[C@H]3C(=O)O)cs2)cc1. The number of ether oxygens (including phenoxy) is 2. The second-order valence-corrected chi connectivity index (χ2v) is 6.97. The lowest BCUT2D eigenvalue weighted by atomic mass is 10.2.